The minimum Gasteiger partial charge on any atom is -0.244 e. The van der Waals surface area contributed by atoms with Crippen LogP contribution in [0.4, 0.5) is 4.39 Å². The summed E-state index contributed by atoms with van der Waals surface area (Å²) in [5.74, 6) is 0.00880. The summed E-state index contributed by atoms with van der Waals surface area (Å²) >= 11 is 11.6. The molecule has 2 rings (SSSR count). The lowest BCUT2D eigenvalue weighted by molar-refractivity contribution is 0.628. The summed E-state index contributed by atoms with van der Waals surface area (Å²) in [5, 5.41) is 0.384. The van der Waals surface area contributed by atoms with Crippen LogP contribution in [0.3, 0.4) is 0 Å². The van der Waals surface area contributed by atoms with Crippen LogP contribution in [0.25, 0.3) is 11.1 Å². The van der Waals surface area contributed by atoms with Crippen molar-refractivity contribution in [2.24, 2.45) is 0 Å². The SMILES string of the molecule is Fc1cccc(-c2cnc(Cl)c(CCl)c2)c1. The predicted molar refractivity (Wildman–Crippen MR) is 64.2 cm³/mol. The van der Waals surface area contributed by atoms with Crippen molar-refractivity contribution in [2.45, 2.75) is 5.88 Å². The Hall–Kier alpha value is -1.12. The first-order chi connectivity index (χ1) is 7.70. The molecule has 0 atom stereocenters. The number of pyridine rings is 1. The van der Waals surface area contributed by atoms with Crippen LogP contribution in [0.5, 0.6) is 0 Å². The summed E-state index contributed by atoms with van der Waals surface area (Å²) in [6, 6.07) is 8.13. The lowest BCUT2D eigenvalue weighted by Crippen LogP contribution is -1.88. The maximum atomic E-state index is 13.0. The van der Waals surface area contributed by atoms with Gasteiger partial charge in [0.25, 0.3) is 0 Å². The Bertz CT molecular complexity index is 514. The van der Waals surface area contributed by atoms with Gasteiger partial charge in [0.2, 0.25) is 0 Å². The zero-order valence-corrected chi connectivity index (χ0v) is 9.76. The first-order valence-electron chi connectivity index (χ1n) is 4.67. The Morgan fingerprint density at radius 1 is 1.19 bits per heavy atom. The molecule has 4 heteroatoms. The van der Waals surface area contributed by atoms with E-state index in [4.69, 9.17) is 23.2 Å². The molecule has 0 saturated carbocycles. The average molecular weight is 256 g/mol. The number of nitrogens with zero attached hydrogens (tertiary/aromatic N) is 1. The highest BCUT2D eigenvalue weighted by Crippen LogP contribution is 2.24. The number of halogens is 3. The maximum Gasteiger partial charge on any atom is 0.133 e. The van der Waals surface area contributed by atoms with E-state index in [0.717, 1.165) is 16.7 Å². The molecule has 0 unspecified atom stereocenters. The molecule has 0 aliphatic rings. The molecular weight excluding hydrogens is 248 g/mol. The van der Waals surface area contributed by atoms with Crippen molar-refractivity contribution in [1.82, 2.24) is 4.98 Å². The second-order valence-electron chi connectivity index (χ2n) is 3.32. The van der Waals surface area contributed by atoms with E-state index in [0.29, 0.717) is 5.15 Å². The van der Waals surface area contributed by atoms with E-state index in [9.17, 15) is 4.39 Å². The molecule has 16 heavy (non-hydrogen) atoms. The van der Waals surface area contributed by atoms with Gasteiger partial charge in [-0.2, -0.15) is 0 Å². The summed E-state index contributed by atoms with van der Waals surface area (Å²) in [6.45, 7) is 0. The molecule has 0 fully saturated rings. The fourth-order valence-electron chi connectivity index (χ4n) is 1.41. The molecule has 0 saturated heterocycles. The van der Waals surface area contributed by atoms with Crippen LogP contribution in [-0.2, 0) is 5.88 Å². The molecule has 1 aromatic heterocycles. The van der Waals surface area contributed by atoms with Gasteiger partial charge in [-0.15, -0.1) is 11.6 Å². The molecule has 0 bridgehead atoms. The number of hydrogen-bond donors (Lipinski definition) is 0. The second-order valence-corrected chi connectivity index (χ2v) is 3.94. The minimum atomic E-state index is -0.278. The molecule has 0 radical (unpaired) electrons. The van der Waals surface area contributed by atoms with Crippen LogP contribution in [-0.4, -0.2) is 4.98 Å². The maximum absolute atomic E-state index is 13.0. The van der Waals surface area contributed by atoms with Crippen LogP contribution >= 0.6 is 23.2 Å². The van der Waals surface area contributed by atoms with Crippen LogP contribution in [0, 0.1) is 5.82 Å². The van der Waals surface area contributed by atoms with Gasteiger partial charge in [-0.05, 0) is 23.8 Å². The van der Waals surface area contributed by atoms with Crippen LogP contribution in [0.1, 0.15) is 5.56 Å². The summed E-state index contributed by atoms with van der Waals surface area (Å²) in [7, 11) is 0. The van der Waals surface area contributed by atoms with Gasteiger partial charge in [-0.3, -0.25) is 0 Å². The van der Waals surface area contributed by atoms with E-state index in [-0.39, 0.29) is 11.7 Å². The van der Waals surface area contributed by atoms with E-state index < -0.39 is 0 Å². The Balaban J connectivity index is 2.48. The molecule has 1 heterocycles. The quantitative estimate of drug-likeness (QED) is 0.577. The highest BCUT2D eigenvalue weighted by molar-refractivity contribution is 6.31. The number of rotatable bonds is 2. The minimum absolute atomic E-state index is 0.278. The third-order valence-electron chi connectivity index (χ3n) is 2.21. The van der Waals surface area contributed by atoms with E-state index in [1.165, 1.54) is 12.1 Å². The Morgan fingerprint density at radius 2 is 2.00 bits per heavy atom. The number of aromatic nitrogens is 1. The van der Waals surface area contributed by atoms with Crippen molar-refractivity contribution in [1.29, 1.82) is 0 Å². The second kappa shape index (κ2) is 4.81. The van der Waals surface area contributed by atoms with Crippen LogP contribution in [0.2, 0.25) is 5.15 Å². The van der Waals surface area contributed by atoms with Gasteiger partial charge >= 0.3 is 0 Å². The van der Waals surface area contributed by atoms with Crippen molar-refractivity contribution in [3.8, 4) is 11.1 Å². The summed E-state index contributed by atoms with van der Waals surface area (Å²) < 4.78 is 13.0. The van der Waals surface area contributed by atoms with E-state index in [1.807, 2.05) is 12.1 Å². The predicted octanol–water partition coefficient (Wildman–Crippen LogP) is 4.28. The van der Waals surface area contributed by atoms with Crippen LogP contribution in [0.15, 0.2) is 36.5 Å². The summed E-state index contributed by atoms with van der Waals surface area (Å²) in [4.78, 5) is 4.01. The number of alkyl halides is 1. The Labute approximate surface area is 103 Å². The van der Waals surface area contributed by atoms with Crippen LogP contribution < -0.4 is 0 Å². The molecule has 82 valence electrons. The molecule has 0 aliphatic heterocycles. The first-order valence-corrected chi connectivity index (χ1v) is 5.58. The monoisotopic (exact) mass is 255 g/mol. The van der Waals surface area contributed by atoms with Gasteiger partial charge in [0.1, 0.15) is 11.0 Å². The Morgan fingerprint density at radius 3 is 2.69 bits per heavy atom. The first kappa shape index (κ1) is 11.4. The smallest absolute Gasteiger partial charge is 0.133 e. The third-order valence-corrected chi connectivity index (χ3v) is 2.84. The van der Waals surface area contributed by atoms with Gasteiger partial charge < -0.3 is 0 Å². The van der Waals surface area contributed by atoms with Gasteiger partial charge in [0.15, 0.2) is 0 Å². The van der Waals surface area contributed by atoms with Crippen molar-refractivity contribution in [3.63, 3.8) is 0 Å². The van der Waals surface area contributed by atoms with Gasteiger partial charge in [0.05, 0.1) is 5.88 Å². The molecule has 0 spiro atoms. The summed E-state index contributed by atoms with van der Waals surface area (Å²) in [5.41, 5.74) is 2.31. The molecule has 1 aromatic carbocycles. The molecule has 0 amide bonds. The van der Waals surface area contributed by atoms with Gasteiger partial charge in [-0.1, -0.05) is 23.7 Å². The van der Waals surface area contributed by atoms with Crippen molar-refractivity contribution in [2.75, 3.05) is 0 Å². The highest BCUT2D eigenvalue weighted by atomic mass is 35.5. The highest BCUT2D eigenvalue weighted by Gasteiger charge is 2.05. The van der Waals surface area contributed by atoms with E-state index >= 15 is 0 Å². The standard InChI is InChI=1S/C12H8Cl2FN/c13-6-9-4-10(7-16-12(9)14)8-2-1-3-11(15)5-8/h1-5,7H,6H2. The molecule has 0 aliphatic carbocycles. The zero-order chi connectivity index (χ0) is 11.5. The third kappa shape index (κ3) is 2.34. The lowest BCUT2D eigenvalue weighted by atomic mass is 10.1. The lowest BCUT2D eigenvalue weighted by Gasteiger charge is -2.04. The molecule has 0 N–H and O–H groups in total. The van der Waals surface area contributed by atoms with Crippen molar-refractivity contribution >= 4 is 23.2 Å². The normalized spacial score (nSPS) is 10.4. The van der Waals surface area contributed by atoms with Gasteiger partial charge in [-0.25, -0.2) is 9.37 Å². The fourth-order valence-corrected chi connectivity index (χ4v) is 1.86. The number of hydrogen-bond acceptors (Lipinski definition) is 1. The van der Waals surface area contributed by atoms with Crippen molar-refractivity contribution < 1.29 is 4.39 Å². The van der Waals surface area contributed by atoms with Gasteiger partial charge in [0, 0.05) is 17.3 Å². The zero-order valence-electron chi connectivity index (χ0n) is 8.25. The average Bonchev–Trinajstić information content (AvgIpc) is 2.29. The molecule has 1 nitrogen and oxygen atoms in total. The molecular formula is C12H8Cl2FN. The van der Waals surface area contributed by atoms with E-state index in [1.54, 1.807) is 12.3 Å². The summed E-state index contributed by atoms with van der Waals surface area (Å²) in [6.07, 6.45) is 1.60. The fraction of sp³-hybridized carbons (Fsp3) is 0.0833. The Kier molecular flexibility index (Phi) is 3.42. The largest absolute Gasteiger partial charge is 0.244 e. The number of benzene rings is 1. The van der Waals surface area contributed by atoms with E-state index in [2.05, 4.69) is 4.98 Å². The topological polar surface area (TPSA) is 12.9 Å². The van der Waals surface area contributed by atoms with Crippen molar-refractivity contribution in [3.05, 3.63) is 53.1 Å². The molecule has 2 aromatic rings.